The summed E-state index contributed by atoms with van der Waals surface area (Å²) < 4.78 is 5.45. The van der Waals surface area contributed by atoms with E-state index in [1.165, 1.54) is 11.1 Å². The molecule has 1 aromatic carbocycles. The third kappa shape index (κ3) is 3.37. The SMILES string of the molecule is C=C(NC(C=O)C1Cc2ccccc2C1)OC(C)C. The number of nitrogens with one attached hydrogen (secondary N) is 1. The molecule has 0 saturated heterocycles. The standard InChI is InChI=1S/C16H21NO2/c1-11(2)19-12(3)17-16(10-18)15-8-13-6-4-5-7-14(13)9-15/h4-7,10-11,15-17H,3,8-9H2,1-2H3. The monoisotopic (exact) mass is 259 g/mol. The largest absolute Gasteiger partial charge is 0.477 e. The zero-order valence-electron chi connectivity index (χ0n) is 11.6. The van der Waals surface area contributed by atoms with Crippen LogP contribution in [0.1, 0.15) is 25.0 Å². The summed E-state index contributed by atoms with van der Waals surface area (Å²) >= 11 is 0. The zero-order chi connectivity index (χ0) is 13.8. The minimum Gasteiger partial charge on any atom is -0.477 e. The molecule has 1 atom stereocenters. The number of hydrogen-bond acceptors (Lipinski definition) is 3. The van der Waals surface area contributed by atoms with Crippen LogP contribution in [0, 0.1) is 5.92 Å². The second-order valence-corrected chi connectivity index (χ2v) is 5.33. The highest BCUT2D eigenvalue weighted by molar-refractivity contribution is 5.59. The molecule has 0 fully saturated rings. The van der Waals surface area contributed by atoms with Gasteiger partial charge in [-0.2, -0.15) is 0 Å². The number of carbonyl (C=O) groups excluding carboxylic acids is 1. The lowest BCUT2D eigenvalue weighted by atomic mass is 9.98. The van der Waals surface area contributed by atoms with Gasteiger partial charge in [-0.25, -0.2) is 0 Å². The van der Waals surface area contributed by atoms with Crippen LogP contribution in [0.25, 0.3) is 0 Å². The minimum atomic E-state index is -0.237. The summed E-state index contributed by atoms with van der Waals surface area (Å²) in [6.07, 6.45) is 2.89. The highest BCUT2D eigenvalue weighted by Gasteiger charge is 2.28. The van der Waals surface area contributed by atoms with Crippen LogP contribution in [0.4, 0.5) is 0 Å². The van der Waals surface area contributed by atoms with Crippen molar-refractivity contribution >= 4 is 6.29 Å². The molecule has 0 spiro atoms. The number of rotatable bonds is 6. The molecular weight excluding hydrogens is 238 g/mol. The van der Waals surface area contributed by atoms with Gasteiger partial charge in [-0.15, -0.1) is 0 Å². The lowest BCUT2D eigenvalue weighted by Crippen LogP contribution is -2.38. The van der Waals surface area contributed by atoms with Gasteiger partial charge in [0, 0.05) is 0 Å². The van der Waals surface area contributed by atoms with Gasteiger partial charge in [-0.05, 0) is 50.3 Å². The summed E-state index contributed by atoms with van der Waals surface area (Å²) in [5.41, 5.74) is 2.69. The van der Waals surface area contributed by atoms with Crippen molar-refractivity contribution in [2.24, 2.45) is 5.92 Å². The summed E-state index contributed by atoms with van der Waals surface area (Å²) in [4.78, 5) is 11.3. The topological polar surface area (TPSA) is 38.3 Å². The van der Waals surface area contributed by atoms with Crippen LogP contribution in [0.5, 0.6) is 0 Å². The van der Waals surface area contributed by atoms with E-state index < -0.39 is 0 Å². The van der Waals surface area contributed by atoms with E-state index in [-0.39, 0.29) is 18.1 Å². The van der Waals surface area contributed by atoms with E-state index in [9.17, 15) is 4.79 Å². The van der Waals surface area contributed by atoms with Crippen LogP contribution in [-0.4, -0.2) is 18.4 Å². The Kier molecular flexibility index (Phi) is 4.25. The van der Waals surface area contributed by atoms with Crippen molar-refractivity contribution in [1.29, 1.82) is 0 Å². The van der Waals surface area contributed by atoms with Crippen molar-refractivity contribution in [3.8, 4) is 0 Å². The summed E-state index contributed by atoms with van der Waals surface area (Å²) in [7, 11) is 0. The molecule has 102 valence electrons. The smallest absolute Gasteiger partial charge is 0.180 e. The van der Waals surface area contributed by atoms with Gasteiger partial charge in [-0.3, -0.25) is 0 Å². The molecule has 1 aromatic rings. The Morgan fingerprint density at radius 1 is 1.37 bits per heavy atom. The van der Waals surface area contributed by atoms with Gasteiger partial charge < -0.3 is 14.8 Å². The second kappa shape index (κ2) is 5.91. The quantitative estimate of drug-likeness (QED) is 0.630. The molecule has 0 radical (unpaired) electrons. The third-order valence-corrected chi connectivity index (χ3v) is 3.44. The van der Waals surface area contributed by atoms with Gasteiger partial charge in [0.15, 0.2) is 5.88 Å². The molecule has 0 heterocycles. The average Bonchev–Trinajstić information content (AvgIpc) is 2.78. The Morgan fingerprint density at radius 2 is 1.95 bits per heavy atom. The Morgan fingerprint density at radius 3 is 2.42 bits per heavy atom. The lowest BCUT2D eigenvalue weighted by Gasteiger charge is -2.22. The van der Waals surface area contributed by atoms with Crippen molar-refractivity contribution in [3.05, 3.63) is 47.9 Å². The van der Waals surface area contributed by atoms with Crippen LogP contribution in [0.3, 0.4) is 0 Å². The maximum absolute atomic E-state index is 11.3. The first-order valence-corrected chi connectivity index (χ1v) is 6.74. The number of benzene rings is 1. The number of carbonyl (C=O) groups is 1. The Labute approximate surface area is 114 Å². The molecular formula is C16H21NO2. The Bertz CT molecular complexity index is 443. The molecule has 0 aliphatic heterocycles. The molecule has 1 unspecified atom stereocenters. The first kappa shape index (κ1) is 13.7. The van der Waals surface area contributed by atoms with E-state index >= 15 is 0 Å². The summed E-state index contributed by atoms with van der Waals surface area (Å²) in [5.74, 6) is 0.755. The highest BCUT2D eigenvalue weighted by Crippen LogP contribution is 2.28. The Hall–Kier alpha value is -1.77. The summed E-state index contributed by atoms with van der Waals surface area (Å²) in [6.45, 7) is 7.69. The van der Waals surface area contributed by atoms with Crippen LogP contribution in [0.2, 0.25) is 0 Å². The van der Waals surface area contributed by atoms with E-state index in [2.05, 4.69) is 24.0 Å². The fraction of sp³-hybridized carbons (Fsp3) is 0.438. The average molecular weight is 259 g/mol. The van der Waals surface area contributed by atoms with Gasteiger partial charge in [0.05, 0.1) is 12.1 Å². The van der Waals surface area contributed by atoms with Crippen LogP contribution >= 0.6 is 0 Å². The molecule has 2 rings (SSSR count). The van der Waals surface area contributed by atoms with E-state index in [0.717, 1.165) is 19.1 Å². The summed E-state index contributed by atoms with van der Waals surface area (Å²) in [6, 6.07) is 8.13. The minimum absolute atomic E-state index is 0.0630. The number of ether oxygens (including phenoxy) is 1. The van der Waals surface area contributed by atoms with Crippen molar-refractivity contribution in [1.82, 2.24) is 5.32 Å². The molecule has 3 nitrogen and oxygen atoms in total. The fourth-order valence-electron chi connectivity index (χ4n) is 2.61. The Balaban J connectivity index is 1.97. The van der Waals surface area contributed by atoms with Crippen molar-refractivity contribution < 1.29 is 9.53 Å². The molecule has 0 saturated carbocycles. The molecule has 0 bridgehead atoms. The fourth-order valence-corrected chi connectivity index (χ4v) is 2.61. The van der Waals surface area contributed by atoms with Gasteiger partial charge in [0.1, 0.15) is 6.29 Å². The lowest BCUT2D eigenvalue weighted by molar-refractivity contribution is -0.110. The molecule has 3 heteroatoms. The first-order chi connectivity index (χ1) is 9.10. The number of aldehydes is 1. The first-order valence-electron chi connectivity index (χ1n) is 6.74. The third-order valence-electron chi connectivity index (χ3n) is 3.44. The maximum Gasteiger partial charge on any atom is 0.180 e. The van der Waals surface area contributed by atoms with E-state index in [0.29, 0.717) is 5.88 Å². The molecule has 0 amide bonds. The van der Waals surface area contributed by atoms with Gasteiger partial charge in [0.2, 0.25) is 0 Å². The predicted octanol–water partition coefficient (Wildman–Crippen LogP) is 2.45. The van der Waals surface area contributed by atoms with E-state index in [1.807, 2.05) is 26.0 Å². The van der Waals surface area contributed by atoms with Crippen molar-refractivity contribution in [3.63, 3.8) is 0 Å². The number of hydrogen-bond donors (Lipinski definition) is 1. The van der Waals surface area contributed by atoms with Gasteiger partial charge in [-0.1, -0.05) is 24.3 Å². The van der Waals surface area contributed by atoms with Crippen molar-refractivity contribution in [2.45, 2.75) is 38.8 Å². The molecule has 0 aromatic heterocycles. The van der Waals surface area contributed by atoms with Crippen LogP contribution in [0.15, 0.2) is 36.7 Å². The highest BCUT2D eigenvalue weighted by atomic mass is 16.5. The molecule has 19 heavy (non-hydrogen) atoms. The summed E-state index contributed by atoms with van der Waals surface area (Å²) in [5, 5.41) is 3.09. The van der Waals surface area contributed by atoms with E-state index in [1.54, 1.807) is 0 Å². The number of fused-ring (bicyclic) bond motifs is 1. The molecule has 1 N–H and O–H groups in total. The van der Waals surface area contributed by atoms with Gasteiger partial charge >= 0.3 is 0 Å². The van der Waals surface area contributed by atoms with Crippen LogP contribution in [-0.2, 0) is 22.4 Å². The molecule has 1 aliphatic carbocycles. The van der Waals surface area contributed by atoms with E-state index in [4.69, 9.17) is 4.74 Å². The maximum atomic E-state index is 11.3. The second-order valence-electron chi connectivity index (χ2n) is 5.33. The van der Waals surface area contributed by atoms with Crippen LogP contribution < -0.4 is 5.32 Å². The van der Waals surface area contributed by atoms with Gasteiger partial charge in [0.25, 0.3) is 0 Å². The zero-order valence-corrected chi connectivity index (χ0v) is 11.6. The molecule has 1 aliphatic rings. The predicted molar refractivity (Wildman–Crippen MR) is 75.7 cm³/mol. The normalized spacial score (nSPS) is 15.9. The van der Waals surface area contributed by atoms with Crippen molar-refractivity contribution in [2.75, 3.05) is 0 Å².